The molecule has 0 saturated carbocycles. The molecule has 74 valence electrons. The molecule has 0 amide bonds. The average molecular weight is 188 g/mol. The van der Waals surface area contributed by atoms with E-state index in [0.29, 0.717) is 0 Å². The minimum Gasteiger partial charge on any atom is -0.165 e. The predicted octanol–water partition coefficient (Wildman–Crippen LogP) is 4.20. The highest BCUT2D eigenvalue weighted by molar-refractivity contribution is 7.98. The molecule has 1 atom stereocenters. The Morgan fingerprint density at radius 3 is 2.17 bits per heavy atom. The second kappa shape index (κ2) is 7.97. The van der Waals surface area contributed by atoms with E-state index in [1.165, 1.54) is 31.4 Å². The van der Waals surface area contributed by atoms with Gasteiger partial charge in [-0.05, 0) is 30.3 Å². The van der Waals surface area contributed by atoms with Gasteiger partial charge in [0.1, 0.15) is 0 Å². The monoisotopic (exact) mass is 188 g/mol. The first-order valence-corrected chi connectivity index (χ1v) is 6.55. The van der Waals surface area contributed by atoms with Gasteiger partial charge in [0, 0.05) is 0 Å². The standard InChI is InChI=1S/C11H24S/c1-10(2)6-5-7-11(3)8-9-12-4/h10-11H,5-9H2,1-4H3. The van der Waals surface area contributed by atoms with Gasteiger partial charge in [0.15, 0.2) is 0 Å². The molecular weight excluding hydrogens is 164 g/mol. The van der Waals surface area contributed by atoms with E-state index >= 15 is 0 Å². The van der Waals surface area contributed by atoms with Crippen molar-refractivity contribution in [2.75, 3.05) is 12.0 Å². The molecule has 0 N–H and O–H groups in total. The smallest absolute Gasteiger partial charge is 0.00678 e. The van der Waals surface area contributed by atoms with Crippen molar-refractivity contribution in [2.45, 2.75) is 46.5 Å². The van der Waals surface area contributed by atoms with Crippen LogP contribution in [0.4, 0.5) is 0 Å². The summed E-state index contributed by atoms with van der Waals surface area (Å²) in [5, 5.41) is 0. The summed E-state index contributed by atoms with van der Waals surface area (Å²) >= 11 is 1.97. The summed E-state index contributed by atoms with van der Waals surface area (Å²) < 4.78 is 0. The van der Waals surface area contributed by atoms with Crippen molar-refractivity contribution in [2.24, 2.45) is 11.8 Å². The van der Waals surface area contributed by atoms with E-state index in [0.717, 1.165) is 11.8 Å². The summed E-state index contributed by atoms with van der Waals surface area (Å²) in [5.41, 5.74) is 0. The highest BCUT2D eigenvalue weighted by Gasteiger charge is 2.01. The van der Waals surface area contributed by atoms with Gasteiger partial charge in [-0.2, -0.15) is 11.8 Å². The molecule has 1 unspecified atom stereocenters. The maximum Gasteiger partial charge on any atom is -0.00678 e. The Morgan fingerprint density at radius 2 is 1.67 bits per heavy atom. The fraction of sp³-hybridized carbons (Fsp3) is 1.00. The molecule has 12 heavy (non-hydrogen) atoms. The molecule has 0 rings (SSSR count). The number of hydrogen-bond acceptors (Lipinski definition) is 1. The number of hydrogen-bond donors (Lipinski definition) is 0. The van der Waals surface area contributed by atoms with Gasteiger partial charge >= 0.3 is 0 Å². The zero-order valence-corrected chi connectivity index (χ0v) is 9.91. The molecule has 0 bridgehead atoms. The van der Waals surface area contributed by atoms with Crippen LogP contribution in [0.3, 0.4) is 0 Å². The van der Waals surface area contributed by atoms with Crippen LogP contribution in [-0.2, 0) is 0 Å². The molecule has 0 heterocycles. The lowest BCUT2D eigenvalue weighted by Gasteiger charge is -2.10. The summed E-state index contributed by atoms with van der Waals surface area (Å²) in [4.78, 5) is 0. The largest absolute Gasteiger partial charge is 0.165 e. The van der Waals surface area contributed by atoms with E-state index in [4.69, 9.17) is 0 Å². The Morgan fingerprint density at radius 1 is 1.00 bits per heavy atom. The van der Waals surface area contributed by atoms with E-state index in [1.54, 1.807) is 0 Å². The van der Waals surface area contributed by atoms with Crippen LogP contribution >= 0.6 is 11.8 Å². The third kappa shape index (κ3) is 8.45. The zero-order valence-electron chi connectivity index (χ0n) is 9.10. The van der Waals surface area contributed by atoms with Crippen LogP contribution in [0.15, 0.2) is 0 Å². The summed E-state index contributed by atoms with van der Waals surface area (Å²) in [6.45, 7) is 7.01. The molecule has 0 aromatic carbocycles. The van der Waals surface area contributed by atoms with Gasteiger partial charge < -0.3 is 0 Å². The Kier molecular flexibility index (Phi) is 8.20. The molecule has 0 spiro atoms. The Labute approximate surface area is 82.5 Å². The molecule has 0 aromatic heterocycles. The second-order valence-electron chi connectivity index (χ2n) is 4.21. The van der Waals surface area contributed by atoms with Gasteiger partial charge in [0.05, 0.1) is 0 Å². The topological polar surface area (TPSA) is 0 Å². The van der Waals surface area contributed by atoms with Gasteiger partial charge in [-0.1, -0.05) is 40.0 Å². The number of rotatable bonds is 7. The second-order valence-corrected chi connectivity index (χ2v) is 5.20. The van der Waals surface area contributed by atoms with Gasteiger partial charge in [-0.15, -0.1) is 0 Å². The first-order valence-electron chi connectivity index (χ1n) is 5.15. The first kappa shape index (κ1) is 12.3. The molecule has 0 fully saturated rings. The van der Waals surface area contributed by atoms with Crippen molar-refractivity contribution in [1.29, 1.82) is 0 Å². The lowest BCUT2D eigenvalue weighted by molar-refractivity contribution is 0.451. The summed E-state index contributed by atoms with van der Waals surface area (Å²) in [7, 11) is 0. The van der Waals surface area contributed by atoms with Crippen LogP contribution in [0.5, 0.6) is 0 Å². The van der Waals surface area contributed by atoms with Crippen molar-refractivity contribution in [1.82, 2.24) is 0 Å². The Balaban J connectivity index is 3.13. The number of thioether (sulfide) groups is 1. The third-order valence-electron chi connectivity index (χ3n) is 2.29. The van der Waals surface area contributed by atoms with Crippen molar-refractivity contribution in [3.05, 3.63) is 0 Å². The van der Waals surface area contributed by atoms with Gasteiger partial charge in [-0.25, -0.2) is 0 Å². The summed E-state index contributed by atoms with van der Waals surface area (Å²) in [6, 6.07) is 0. The van der Waals surface area contributed by atoms with Gasteiger partial charge in [0.2, 0.25) is 0 Å². The molecular formula is C11H24S. The van der Waals surface area contributed by atoms with Crippen molar-refractivity contribution in [3.8, 4) is 0 Å². The molecule has 0 aliphatic carbocycles. The van der Waals surface area contributed by atoms with Crippen LogP contribution in [0.25, 0.3) is 0 Å². The fourth-order valence-corrected chi connectivity index (χ4v) is 1.98. The zero-order chi connectivity index (χ0) is 9.40. The molecule has 0 aliphatic rings. The maximum atomic E-state index is 2.39. The van der Waals surface area contributed by atoms with Crippen molar-refractivity contribution >= 4 is 11.8 Å². The van der Waals surface area contributed by atoms with Gasteiger partial charge in [0.25, 0.3) is 0 Å². The lowest BCUT2D eigenvalue weighted by atomic mass is 9.98. The fourth-order valence-electron chi connectivity index (χ4n) is 1.34. The molecule has 0 saturated heterocycles. The highest BCUT2D eigenvalue weighted by Crippen LogP contribution is 2.16. The van der Waals surface area contributed by atoms with E-state index in [2.05, 4.69) is 27.0 Å². The SMILES string of the molecule is CSCCC(C)CCCC(C)C. The average Bonchev–Trinajstić information content (AvgIpc) is 2.00. The molecule has 0 aliphatic heterocycles. The summed E-state index contributed by atoms with van der Waals surface area (Å²) in [6.07, 6.45) is 7.86. The first-order chi connectivity index (χ1) is 5.66. The van der Waals surface area contributed by atoms with Gasteiger partial charge in [-0.3, -0.25) is 0 Å². The van der Waals surface area contributed by atoms with E-state index in [1.807, 2.05) is 11.8 Å². The van der Waals surface area contributed by atoms with Crippen LogP contribution in [-0.4, -0.2) is 12.0 Å². The van der Waals surface area contributed by atoms with E-state index < -0.39 is 0 Å². The molecule has 1 heteroatoms. The molecule has 0 radical (unpaired) electrons. The molecule has 0 aromatic rings. The molecule has 0 nitrogen and oxygen atoms in total. The maximum absolute atomic E-state index is 2.39. The minimum atomic E-state index is 0.887. The third-order valence-corrected chi connectivity index (χ3v) is 2.94. The van der Waals surface area contributed by atoms with Crippen molar-refractivity contribution in [3.63, 3.8) is 0 Å². The summed E-state index contributed by atoms with van der Waals surface area (Å²) in [5.74, 6) is 3.16. The van der Waals surface area contributed by atoms with Crippen LogP contribution in [0.1, 0.15) is 46.5 Å². The quantitative estimate of drug-likeness (QED) is 0.577. The van der Waals surface area contributed by atoms with Crippen LogP contribution in [0, 0.1) is 11.8 Å². The van der Waals surface area contributed by atoms with E-state index in [-0.39, 0.29) is 0 Å². The van der Waals surface area contributed by atoms with Crippen LogP contribution < -0.4 is 0 Å². The van der Waals surface area contributed by atoms with Crippen LogP contribution in [0.2, 0.25) is 0 Å². The van der Waals surface area contributed by atoms with E-state index in [9.17, 15) is 0 Å². The normalized spacial score (nSPS) is 13.8. The lowest BCUT2D eigenvalue weighted by Crippen LogP contribution is -1.97. The highest BCUT2D eigenvalue weighted by atomic mass is 32.2. The van der Waals surface area contributed by atoms with Crippen molar-refractivity contribution < 1.29 is 0 Å². The minimum absolute atomic E-state index is 0.887. The Bertz CT molecular complexity index is 89.0. The predicted molar refractivity (Wildman–Crippen MR) is 60.9 cm³/mol. The Hall–Kier alpha value is 0.350.